The predicted octanol–water partition coefficient (Wildman–Crippen LogP) is 0.645. The topological polar surface area (TPSA) is 43.6 Å². The van der Waals surface area contributed by atoms with Gasteiger partial charge in [0.25, 0.3) is 5.92 Å². The third-order valence-electron chi connectivity index (χ3n) is 1.93. The van der Waals surface area contributed by atoms with Crippen LogP contribution in [0.25, 0.3) is 0 Å². The minimum absolute atomic E-state index is 0.0853. The molecule has 0 unspecified atom stereocenters. The standard InChI is InChI=1S/C6H8F2N4/c7-6(8)3-1-2-5-9-10-11-12(5)4-6/h1-4H2. The number of tetrazole rings is 1. The summed E-state index contributed by atoms with van der Waals surface area (Å²) in [6.07, 6.45) is 0.911. The van der Waals surface area contributed by atoms with Gasteiger partial charge < -0.3 is 0 Å². The number of hydrogen-bond donors (Lipinski definition) is 0. The molecule has 0 fully saturated rings. The zero-order valence-electron chi connectivity index (χ0n) is 6.37. The maximum atomic E-state index is 12.9. The van der Waals surface area contributed by atoms with Gasteiger partial charge in [-0.25, -0.2) is 13.5 Å². The molecule has 0 radical (unpaired) electrons. The van der Waals surface area contributed by atoms with Crippen LogP contribution in [-0.2, 0) is 13.0 Å². The molecule has 0 saturated carbocycles. The van der Waals surface area contributed by atoms with E-state index in [9.17, 15) is 8.78 Å². The molecule has 6 heteroatoms. The minimum atomic E-state index is -2.65. The smallest absolute Gasteiger partial charge is 0.224 e. The van der Waals surface area contributed by atoms with Crippen molar-refractivity contribution < 1.29 is 8.78 Å². The number of nitrogens with zero attached hydrogens (tertiary/aromatic N) is 4. The van der Waals surface area contributed by atoms with Gasteiger partial charge in [0.15, 0.2) is 5.82 Å². The summed E-state index contributed by atoms with van der Waals surface area (Å²) in [4.78, 5) is 0. The molecule has 0 spiro atoms. The summed E-state index contributed by atoms with van der Waals surface area (Å²) in [6.45, 7) is -0.380. The first-order valence-electron chi connectivity index (χ1n) is 3.80. The molecule has 0 aliphatic carbocycles. The molecule has 0 aromatic carbocycles. The number of aromatic nitrogens is 4. The Balaban J connectivity index is 2.30. The van der Waals surface area contributed by atoms with Crippen LogP contribution < -0.4 is 0 Å². The predicted molar refractivity (Wildman–Crippen MR) is 35.7 cm³/mol. The molecule has 2 rings (SSSR count). The van der Waals surface area contributed by atoms with Gasteiger partial charge >= 0.3 is 0 Å². The molecule has 2 heterocycles. The van der Waals surface area contributed by atoms with E-state index < -0.39 is 5.92 Å². The Morgan fingerprint density at radius 2 is 2.25 bits per heavy atom. The van der Waals surface area contributed by atoms with Crippen molar-refractivity contribution in [3.8, 4) is 0 Å². The lowest BCUT2D eigenvalue weighted by Gasteiger charge is -2.11. The number of rotatable bonds is 0. The van der Waals surface area contributed by atoms with Crippen LogP contribution >= 0.6 is 0 Å². The van der Waals surface area contributed by atoms with Crippen molar-refractivity contribution >= 4 is 0 Å². The highest BCUT2D eigenvalue weighted by atomic mass is 19.3. The fourth-order valence-corrected chi connectivity index (χ4v) is 1.33. The number of halogens is 2. The fraction of sp³-hybridized carbons (Fsp3) is 0.833. The number of alkyl halides is 2. The Morgan fingerprint density at radius 3 is 3.08 bits per heavy atom. The van der Waals surface area contributed by atoms with Crippen LogP contribution in [0, 0.1) is 0 Å². The van der Waals surface area contributed by atoms with Crippen molar-refractivity contribution in [2.45, 2.75) is 31.7 Å². The van der Waals surface area contributed by atoms with E-state index in [0.717, 1.165) is 0 Å². The first kappa shape index (κ1) is 7.57. The van der Waals surface area contributed by atoms with Crippen molar-refractivity contribution in [3.05, 3.63) is 5.82 Å². The molecular formula is C6H8F2N4. The molecular weight excluding hydrogens is 166 g/mol. The molecule has 0 saturated heterocycles. The van der Waals surface area contributed by atoms with E-state index in [2.05, 4.69) is 15.5 Å². The minimum Gasteiger partial charge on any atom is -0.224 e. The largest absolute Gasteiger partial charge is 0.267 e. The van der Waals surface area contributed by atoms with Gasteiger partial charge in [0.1, 0.15) is 6.54 Å². The maximum absolute atomic E-state index is 12.9. The van der Waals surface area contributed by atoms with Crippen LogP contribution in [0.2, 0.25) is 0 Å². The van der Waals surface area contributed by atoms with E-state index in [1.54, 1.807) is 0 Å². The van der Waals surface area contributed by atoms with Gasteiger partial charge in [-0.1, -0.05) is 0 Å². The van der Waals surface area contributed by atoms with E-state index in [1.807, 2.05) is 0 Å². The lowest BCUT2D eigenvalue weighted by Crippen LogP contribution is -2.23. The summed E-state index contributed by atoms with van der Waals surface area (Å²) in [7, 11) is 0. The van der Waals surface area contributed by atoms with E-state index >= 15 is 0 Å². The summed E-state index contributed by atoms with van der Waals surface area (Å²) < 4.78 is 27.0. The first-order valence-corrected chi connectivity index (χ1v) is 3.80. The van der Waals surface area contributed by atoms with Crippen molar-refractivity contribution in [3.63, 3.8) is 0 Å². The number of hydrogen-bond acceptors (Lipinski definition) is 3. The molecule has 1 aromatic rings. The molecule has 0 bridgehead atoms. The van der Waals surface area contributed by atoms with Crippen LogP contribution in [-0.4, -0.2) is 26.1 Å². The normalized spacial score (nSPS) is 21.5. The van der Waals surface area contributed by atoms with Gasteiger partial charge in [-0.2, -0.15) is 0 Å². The molecule has 66 valence electrons. The van der Waals surface area contributed by atoms with Gasteiger partial charge in [-0.05, 0) is 16.8 Å². The Hall–Kier alpha value is -1.07. The monoisotopic (exact) mass is 174 g/mol. The zero-order valence-corrected chi connectivity index (χ0v) is 6.37. The molecule has 0 amide bonds. The second kappa shape index (κ2) is 2.46. The average Bonchev–Trinajstić information content (AvgIpc) is 2.31. The highest BCUT2D eigenvalue weighted by Gasteiger charge is 2.33. The number of fused-ring (bicyclic) bond motifs is 1. The summed E-state index contributed by atoms with van der Waals surface area (Å²) >= 11 is 0. The first-order chi connectivity index (χ1) is 5.67. The van der Waals surface area contributed by atoms with Crippen molar-refractivity contribution in [2.75, 3.05) is 0 Å². The van der Waals surface area contributed by atoms with Crippen molar-refractivity contribution in [1.82, 2.24) is 20.2 Å². The van der Waals surface area contributed by atoms with Gasteiger partial charge in [-0.3, -0.25) is 0 Å². The Morgan fingerprint density at radius 1 is 1.42 bits per heavy atom. The fourth-order valence-electron chi connectivity index (χ4n) is 1.33. The van der Waals surface area contributed by atoms with E-state index in [-0.39, 0.29) is 13.0 Å². The van der Waals surface area contributed by atoms with Crippen molar-refractivity contribution in [2.24, 2.45) is 0 Å². The SMILES string of the molecule is FC1(F)CCCc2nnnn2C1. The second-order valence-electron chi connectivity index (χ2n) is 2.96. The summed E-state index contributed by atoms with van der Waals surface area (Å²) in [5, 5.41) is 10.5. The third kappa shape index (κ3) is 1.28. The van der Waals surface area contributed by atoms with Gasteiger partial charge in [-0.15, -0.1) is 5.10 Å². The van der Waals surface area contributed by atoms with E-state index in [0.29, 0.717) is 18.7 Å². The van der Waals surface area contributed by atoms with Crippen LogP contribution in [0.1, 0.15) is 18.7 Å². The molecule has 1 aliphatic heterocycles. The molecule has 0 atom stereocenters. The van der Waals surface area contributed by atoms with Crippen LogP contribution in [0.5, 0.6) is 0 Å². The number of aryl methyl sites for hydroxylation is 1. The molecule has 1 aliphatic rings. The van der Waals surface area contributed by atoms with Crippen LogP contribution in [0.15, 0.2) is 0 Å². The highest BCUT2D eigenvalue weighted by molar-refractivity contribution is 4.87. The zero-order chi connectivity index (χ0) is 8.60. The lowest BCUT2D eigenvalue weighted by molar-refractivity contribution is -0.0253. The molecule has 0 N–H and O–H groups in total. The van der Waals surface area contributed by atoms with E-state index in [4.69, 9.17) is 0 Å². The summed E-state index contributed by atoms with van der Waals surface area (Å²) in [6, 6.07) is 0. The Kier molecular flexibility index (Phi) is 1.55. The van der Waals surface area contributed by atoms with Gasteiger partial charge in [0.2, 0.25) is 0 Å². The summed E-state index contributed by atoms with van der Waals surface area (Å²) in [5.41, 5.74) is 0. The van der Waals surface area contributed by atoms with E-state index in [1.165, 1.54) is 4.68 Å². The van der Waals surface area contributed by atoms with Crippen LogP contribution in [0.4, 0.5) is 8.78 Å². The van der Waals surface area contributed by atoms with Gasteiger partial charge in [0.05, 0.1) is 0 Å². The maximum Gasteiger partial charge on any atom is 0.267 e. The van der Waals surface area contributed by atoms with Crippen molar-refractivity contribution in [1.29, 1.82) is 0 Å². The highest BCUT2D eigenvalue weighted by Crippen LogP contribution is 2.26. The summed E-state index contributed by atoms with van der Waals surface area (Å²) in [5.74, 6) is -2.09. The Bertz CT molecular complexity index is 283. The quantitative estimate of drug-likeness (QED) is 0.579. The Labute approximate surface area is 67.6 Å². The molecule has 12 heavy (non-hydrogen) atoms. The second-order valence-corrected chi connectivity index (χ2v) is 2.96. The van der Waals surface area contributed by atoms with Gasteiger partial charge in [0, 0.05) is 12.8 Å². The molecule has 1 aromatic heterocycles. The lowest BCUT2D eigenvalue weighted by atomic mass is 10.2. The average molecular weight is 174 g/mol. The molecule has 4 nitrogen and oxygen atoms in total. The third-order valence-corrected chi connectivity index (χ3v) is 1.93. The van der Waals surface area contributed by atoms with Crippen LogP contribution in [0.3, 0.4) is 0 Å².